The van der Waals surface area contributed by atoms with Crippen LogP contribution in [0.4, 0.5) is 10.8 Å². The number of nitro benzene ring substituents is 1. The molecule has 1 heterocycles. The summed E-state index contributed by atoms with van der Waals surface area (Å²) in [6.07, 6.45) is 0. The Hall–Kier alpha value is -2.52. The van der Waals surface area contributed by atoms with Gasteiger partial charge in [0.15, 0.2) is 5.13 Å². The fourth-order valence-corrected chi connectivity index (χ4v) is 2.87. The molecule has 1 N–H and O–H groups in total. The minimum Gasteiger partial charge on any atom is -0.462 e. The summed E-state index contributed by atoms with van der Waals surface area (Å²) < 4.78 is 4.89. The van der Waals surface area contributed by atoms with Crippen LogP contribution in [0.5, 0.6) is 0 Å². The van der Waals surface area contributed by atoms with E-state index in [-0.39, 0.29) is 27.2 Å². The highest BCUT2D eigenvalue weighted by molar-refractivity contribution is 7.17. The van der Waals surface area contributed by atoms with Gasteiger partial charge in [0.25, 0.3) is 11.6 Å². The minimum absolute atomic E-state index is 0.143. The van der Waals surface area contributed by atoms with E-state index in [9.17, 15) is 19.7 Å². The molecule has 0 fully saturated rings. The summed E-state index contributed by atoms with van der Waals surface area (Å²) >= 11 is 6.65. The Morgan fingerprint density at radius 1 is 1.46 bits per heavy atom. The van der Waals surface area contributed by atoms with E-state index >= 15 is 0 Å². The maximum Gasteiger partial charge on any atom is 0.350 e. The van der Waals surface area contributed by atoms with E-state index in [4.69, 9.17) is 16.3 Å². The molecule has 2 aromatic rings. The molecular weight excluding hydrogens is 358 g/mol. The summed E-state index contributed by atoms with van der Waals surface area (Å²) in [6, 6.07) is 3.72. The predicted octanol–water partition coefficient (Wildman–Crippen LogP) is 3.44. The number of hydrogen-bond donors (Lipinski definition) is 1. The van der Waals surface area contributed by atoms with Crippen molar-refractivity contribution in [3.8, 4) is 0 Å². The molecule has 0 atom stereocenters. The second kappa shape index (κ2) is 7.37. The monoisotopic (exact) mass is 369 g/mol. The number of rotatable bonds is 5. The first-order valence-electron chi connectivity index (χ1n) is 6.73. The summed E-state index contributed by atoms with van der Waals surface area (Å²) in [5, 5.41) is 13.8. The fraction of sp³-hybridized carbons (Fsp3) is 0.214. The van der Waals surface area contributed by atoms with Crippen LogP contribution in [0.3, 0.4) is 0 Å². The Kier molecular flexibility index (Phi) is 5.47. The molecule has 0 saturated carbocycles. The first-order chi connectivity index (χ1) is 11.3. The summed E-state index contributed by atoms with van der Waals surface area (Å²) in [5.41, 5.74) is -0.173. The van der Waals surface area contributed by atoms with E-state index in [1.165, 1.54) is 12.1 Å². The number of benzene rings is 1. The molecule has 24 heavy (non-hydrogen) atoms. The maximum absolute atomic E-state index is 12.3. The van der Waals surface area contributed by atoms with Gasteiger partial charge < -0.3 is 4.74 Å². The minimum atomic E-state index is -0.720. The van der Waals surface area contributed by atoms with Crippen molar-refractivity contribution in [1.29, 1.82) is 0 Å². The van der Waals surface area contributed by atoms with Crippen LogP contribution in [0, 0.1) is 17.0 Å². The SMILES string of the molecule is CCOC(=O)c1sc(NC(=O)c2ccc(Cl)cc2[N+](=O)[O-])nc1C. The molecule has 0 bridgehead atoms. The number of esters is 1. The van der Waals surface area contributed by atoms with E-state index in [1.54, 1.807) is 13.8 Å². The number of hydrogen-bond acceptors (Lipinski definition) is 7. The zero-order valence-corrected chi connectivity index (χ0v) is 14.2. The van der Waals surface area contributed by atoms with E-state index in [2.05, 4.69) is 10.3 Å². The number of carbonyl (C=O) groups is 2. The second-order valence-electron chi connectivity index (χ2n) is 4.53. The van der Waals surface area contributed by atoms with Crippen molar-refractivity contribution in [1.82, 2.24) is 4.98 Å². The van der Waals surface area contributed by atoms with Crippen molar-refractivity contribution < 1.29 is 19.2 Å². The first-order valence-corrected chi connectivity index (χ1v) is 7.92. The van der Waals surface area contributed by atoms with Crippen LogP contribution in [-0.4, -0.2) is 28.4 Å². The third-order valence-electron chi connectivity index (χ3n) is 2.88. The smallest absolute Gasteiger partial charge is 0.350 e. The fourth-order valence-electron chi connectivity index (χ4n) is 1.85. The molecule has 0 saturated heterocycles. The molecule has 2 rings (SSSR count). The number of carbonyl (C=O) groups excluding carboxylic acids is 2. The standard InChI is InChI=1S/C14H12ClN3O5S/c1-3-23-13(20)11-7(2)16-14(24-11)17-12(19)9-5-4-8(15)6-10(9)18(21)22/h4-6H,3H2,1-2H3,(H,16,17,19). The molecule has 126 valence electrons. The summed E-state index contributed by atoms with van der Waals surface area (Å²) in [5.74, 6) is -1.26. The van der Waals surface area contributed by atoms with Gasteiger partial charge in [-0.15, -0.1) is 0 Å². The number of ether oxygens (including phenoxy) is 1. The molecule has 8 nitrogen and oxygen atoms in total. The number of anilines is 1. The van der Waals surface area contributed by atoms with Crippen LogP contribution in [0.25, 0.3) is 0 Å². The van der Waals surface area contributed by atoms with Crippen molar-refractivity contribution in [2.24, 2.45) is 0 Å². The van der Waals surface area contributed by atoms with Gasteiger partial charge in [-0.25, -0.2) is 9.78 Å². The third-order valence-corrected chi connectivity index (χ3v) is 4.17. The van der Waals surface area contributed by atoms with Crippen molar-refractivity contribution in [2.75, 3.05) is 11.9 Å². The van der Waals surface area contributed by atoms with Crippen molar-refractivity contribution >= 4 is 45.6 Å². The second-order valence-corrected chi connectivity index (χ2v) is 5.96. The van der Waals surface area contributed by atoms with Gasteiger partial charge >= 0.3 is 5.97 Å². The maximum atomic E-state index is 12.3. The first kappa shape index (κ1) is 17.8. The van der Waals surface area contributed by atoms with E-state index in [0.29, 0.717) is 5.69 Å². The molecular formula is C14H12ClN3O5S. The number of halogens is 1. The Morgan fingerprint density at radius 3 is 2.79 bits per heavy atom. The molecule has 0 unspecified atom stereocenters. The van der Waals surface area contributed by atoms with Crippen molar-refractivity contribution in [2.45, 2.75) is 13.8 Å². The molecule has 10 heteroatoms. The van der Waals surface area contributed by atoms with Gasteiger partial charge in [-0.2, -0.15) is 0 Å². The third kappa shape index (κ3) is 3.87. The molecule has 0 aliphatic carbocycles. The molecule has 0 aliphatic heterocycles. The molecule has 0 aliphatic rings. The topological polar surface area (TPSA) is 111 Å². The van der Waals surface area contributed by atoms with Crippen LogP contribution >= 0.6 is 22.9 Å². The van der Waals surface area contributed by atoms with Gasteiger partial charge in [0.05, 0.1) is 17.2 Å². The van der Waals surface area contributed by atoms with Gasteiger partial charge in [0, 0.05) is 11.1 Å². The summed E-state index contributed by atoms with van der Waals surface area (Å²) in [4.78, 5) is 38.7. The molecule has 1 aromatic heterocycles. The number of aromatic nitrogens is 1. The Balaban J connectivity index is 2.26. The van der Waals surface area contributed by atoms with Gasteiger partial charge in [0.1, 0.15) is 10.4 Å². The number of nitro groups is 1. The van der Waals surface area contributed by atoms with Crippen molar-refractivity contribution in [3.05, 3.63) is 49.5 Å². The summed E-state index contributed by atoms with van der Waals surface area (Å²) in [6.45, 7) is 3.49. The average Bonchev–Trinajstić information content (AvgIpc) is 2.87. The molecule has 1 aromatic carbocycles. The lowest BCUT2D eigenvalue weighted by molar-refractivity contribution is -0.385. The highest BCUT2D eigenvalue weighted by Gasteiger charge is 2.23. The predicted molar refractivity (Wildman–Crippen MR) is 88.9 cm³/mol. The van der Waals surface area contributed by atoms with Gasteiger partial charge in [-0.3, -0.25) is 20.2 Å². The largest absolute Gasteiger partial charge is 0.462 e. The highest BCUT2D eigenvalue weighted by Crippen LogP contribution is 2.27. The Morgan fingerprint density at radius 2 is 2.17 bits per heavy atom. The molecule has 1 amide bonds. The number of nitrogens with one attached hydrogen (secondary N) is 1. The van der Waals surface area contributed by atoms with Gasteiger partial charge in [0.2, 0.25) is 0 Å². The Bertz CT molecular complexity index is 821. The van der Waals surface area contributed by atoms with Crippen LogP contribution in [0.2, 0.25) is 5.02 Å². The van der Waals surface area contributed by atoms with E-state index in [0.717, 1.165) is 17.4 Å². The number of nitrogens with zero attached hydrogens (tertiary/aromatic N) is 2. The number of amides is 1. The van der Waals surface area contributed by atoms with Crippen LogP contribution in [0.15, 0.2) is 18.2 Å². The van der Waals surface area contributed by atoms with E-state index in [1.807, 2.05) is 0 Å². The quantitative estimate of drug-likeness (QED) is 0.491. The number of aryl methyl sites for hydroxylation is 1. The lowest BCUT2D eigenvalue weighted by Crippen LogP contribution is -2.13. The van der Waals surface area contributed by atoms with Crippen LogP contribution < -0.4 is 5.32 Å². The number of thiazole rings is 1. The normalized spacial score (nSPS) is 10.3. The Labute approximate surface area is 145 Å². The van der Waals surface area contributed by atoms with E-state index < -0.39 is 22.5 Å². The lowest BCUT2D eigenvalue weighted by atomic mass is 10.1. The molecule has 0 radical (unpaired) electrons. The van der Waals surface area contributed by atoms with Crippen LogP contribution in [0.1, 0.15) is 32.6 Å². The summed E-state index contributed by atoms with van der Waals surface area (Å²) in [7, 11) is 0. The molecule has 0 spiro atoms. The average molecular weight is 370 g/mol. The van der Waals surface area contributed by atoms with Crippen LogP contribution in [-0.2, 0) is 4.74 Å². The van der Waals surface area contributed by atoms with Gasteiger partial charge in [-0.1, -0.05) is 22.9 Å². The van der Waals surface area contributed by atoms with Gasteiger partial charge in [-0.05, 0) is 26.0 Å². The zero-order valence-electron chi connectivity index (χ0n) is 12.7. The zero-order chi connectivity index (χ0) is 17.9. The van der Waals surface area contributed by atoms with Crippen molar-refractivity contribution in [3.63, 3.8) is 0 Å². The highest BCUT2D eigenvalue weighted by atomic mass is 35.5. The lowest BCUT2D eigenvalue weighted by Gasteiger charge is -2.03.